The molecule has 3 N–H and O–H groups in total. The highest BCUT2D eigenvalue weighted by atomic mass is 16.4. The zero-order chi connectivity index (χ0) is 12.0. The fraction of sp³-hybridized carbons (Fsp3) is 0.818. The molecule has 1 amide bonds. The van der Waals surface area contributed by atoms with E-state index in [1.165, 1.54) is 4.90 Å². The summed E-state index contributed by atoms with van der Waals surface area (Å²) < 4.78 is 0. The third kappa shape index (κ3) is 3.48. The third-order valence-electron chi connectivity index (χ3n) is 2.95. The average molecular weight is 228 g/mol. The van der Waals surface area contributed by atoms with Gasteiger partial charge in [-0.3, -0.25) is 4.79 Å². The van der Waals surface area contributed by atoms with Crippen molar-refractivity contribution >= 4 is 11.9 Å². The van der Waals surface area contributed by atoms with Crippen LogP contribution >= 0.6 is 0 Å². The van der Waals surface area contributed by atoms with Crippen LogP contribution in [0.4, 0.5) is 0 Å². The molecule has 1 saturated heterocycles. The molecule has 0 spiro atoms. The van der Waals surface area contributed by atoms with Crippen LogP contribution in [0.1, 0.15) is 38.5 Å². The lowest BCUT2D eigenvalue weighted by atomic mass is 10.1. The number of carbonyl (C=O) groups excluding carboxylic acids is 1. The second-order valence-corrected chi connectivity index (χ2v) is 4.18. The standard InChI is InChI=1S/C11H20N2O3/c12-7-3-1-2-6-10(14)13-8-4-5-9(13)11(15)16/h9H,1-8,12H2,(H,15,16). The molecular formula is C11H20N2O3. The van der Waals surface area contributed by atoms with E-state index < -0.39 is 12.0 Å². The SMILES string of the molecule is NCCCCCC(=O)N1CCCC1C(=O)O. The van der Waals surface area contributed by atoms with Gasteiger partial charge >= 0.3 is 5.97 Å². The first-order valence-electron chi connectivity index (χ1n) is 5.89. The summed E-state index contributed by atoms with van der Waals surface area (Å²) in [7, 11) is 0. The van der Waals surface area contributed by atoms with Gasteiger partial charge in [0, 0.05) is 13.0 Å². The Morgan fingerprint density at radius 1 is 1.31 bits per heavy atom. The Morgan fingerprint density at radius 3 is 2.69 bits per heavy atom. The molecule has 0 aromatic heterocycles. The van der Waals surface area contributed by atoms with Crippen molar-refractivity contribution in [1.29, 1.82) is 0 Å². The smallest absolute Gasteiger partial charge is 0.326 e. The molecule has 16 heavy (non-hydrogen) atoms. The van der Waals surface area contributed by atoms with Crippen LogP contribution in [0.3, 0.4) is 0 Å². The first-order valence-corrected chi connectivity index (χ1v) is 5.89. The summed E-state index contributed by atoms with van der Waals surface area (Å²) in [6.07, 6.45) is 4.50. The van der Waals surface area contributed by atoms with Crippen LogP contribution in [-0.2, 0) is 9.59 Å². The zero-order valence-electron chi connectivity index (χ0n) is 9.52. The van der Waals surface area contributed by atoms with Crippen molar-refractivity contribution in [3.63, 3.8) is 0 Å². The summed E-state index contributed by atoms with van der Waals surface area (Å²) in [6.45, 7) is 1.24. The van der Waals surface area contributed by atoms with Crippen molar-refractivity contribution in [3.8, 4) is 0 Å². The monoisotopic (exact) mass is 228 g/mol. The van der Waals surface area contributed by atoms with Gasteiger partial charge in [-0.1, -0.05) is 6.42 Å². The number of hydrogen-bond donors (Lipinski definition) is 2. The minimum atomic E-state index is -0.882. The molecule has 1 aliphatic heterocycles. The second kappa shape index (κ2) is 6.48. The molecule has 0 bridgehead atoms. The molecule has 0 saturated carbocycles. The molecule has 5 nitrogen and oxygen atoms in total. The number of unbranched alkanes of at least 4 members (excludes halogenated alkanes) is 2. The molecule has 1 rings (SSSR count). The number of carboxylic acids is 1. The number of carboxylic acid groups (broad SMARTS) is 1. The van der Waals surface area contributed by atoms with E-state index in [1.54, 1.807) is 0 Å². The van der Waals surface area contributed by atoms with Crippen molar-refractivity contribution in [2.75, 3.05) is 13.1 Å². The lowest BCUT2D eigenvalue weighted by Crippen LogP contribution is -2.40. The summed E-state index contributed by atoms with van der Waals surface area (Å²) in [6, 6.07) is -0.595. The maximum atomic E-state index is 11.8. The van der Waals surface area contributed by atoms with Gasteiger partial charge in [-0.05, 0) is 32.2 Å². The average Bonchev–Trinajstić information content (AvgIpc) is 2.73. The van der Waals surface area contributed by atoms with Crippen LogP contribution in [0.15, 0.2) is 0 Å². The minimum Gasteiger partial charge on any atom is -0.480 e. The van der Waals surface area contributed by atoms with Crippen LogP contribution in [0.2, 0.25) is 0 Å². The largest absolute Gasteiger partial charge is 0.480 e. The number of amides is 1. The highest BCUT2D eigenvalue weighted by molar-refractivity contribution is 5.84. The molecule has 1 fully saturated rings. The molecule has 0 aromatic rings. The first-order chi connectivity index (χ1) is 7.66. The first kappa shape index (κ1) is 13.0. The van der Waals surface area contributed by atoms with Gasteiger partial charge in [-0.15, -0.1) is 0 Å². The maximum Gasteiger partial charge on any atom is 0.326 e. The Balaban J connectivity index is 2.32. The molecule has 1 heterocycles. The van der Waals surface area contributed by atoms with Crippen LogP contribution in [0, 0.1) is 0 Å². The van der Waals surface area contributed by atoms with Crippen LogP contribution in [0.25, 0.3) is 0 Å². The lowest BCUT2D eigenvalue weighted by molar-refractivity contribution is -0.148. The highest BCUT2D eigenvalue weighted by Crippen LogP contribution is 2.19. The van der Waals surface area contributed by atoms with Gasteiger partial charge in [0.15, 0.2) is 0 Å². The van der Waals surface area contributed by atoms with Crippen molar-refractivity contribution in [2.24, 2.45) is 5.73 Å². The van der Waals surface area contributed by atoms with E-state index in [0.29, 0.717) is 25.9 Å². The van der Waals surface area contributed by atoms with E-state index in [-0.39, 0.29) is 5.91 Å². The van der Waals surface area contributed by atoms with E-state index in [0.717, 1.165) is 25.7 Å². The normalized spacial score (nSPS) is 20.1. The lowest BCUT2D eigenvalue weighted by Gasteiger charge is -2.21. The molecule has 0 aliphatic carbocycles. The number of nitrogens with zero attached hydrogens (tertiary/aromatic N) is 1. The zero-order valence-corrected chi connectivity index (χ0v) is 9.52. The van der Waals surface area contributed by atoms with Crippen molar-refractivity contribution in [3.05, 3.63) is 0 Å². The van der Waals surface area contributed by atoms with E-state index in [4.69, 9.17) is 10.8 Å². The Kier molecular flexibility index (Phi) is 5.25. The number of likely N-dealkylation sites (tertiary alicyclic amines) is 1. The molecule has 1 aliphatic rings. The summed E-state index contributed by atoms with van der Waals surface area (Å²) in [5.74, 6) is -0.908. The summed E-state index contributed by atoms with van der Waals surface area (Å²) in [4.78, 5) is 24.1. The van der Waals surface area contributed by atoms with E-state index in [1.807, 2.05) is 0 Å². The van der Waals surface area contributed by atoms with E-state index >= 15 is 0 Å². The highest BCUT2D eigenvalue weighted by Gasteiger charge is 2.33. The van der Waals surface area contributed by atoms with Crippen LogP contribution < -0.4 is 5.73 Å². The van der Waals surface area contributed by atoms with Gasteiger partial charge in [-0.25, -0.2) is 4.79 Å². The summed E-state index contributed by atoms with van der Waals surface area (Å²) in [5, 5.41) is 8.93. The van der Waals surface area contributed by atoms with E-state index in [2.05, 4.69) is 0 Å². The molecule has 5 heteroatoms. The van der Waals surface area contributed by atoms with Gasteiger partial charge in [0.2, 0.25) is 5.91 Å². The maximum absolute atomic E-state index is 11.8. The van der Waals surface area contributed by atoms with Crippen molar-refractivity contribution < 1.29 is 14.7 Å². The van der Waals surface area contributed by atoms with Gasteiger partial charge in [0.1, 0.15) is 6.04 Å². The topological polar surface area (TPSA) is 83.6 Å². The number of nitrogens with two attached hydrogens (primary N) is 1. The predicted molar refractivity (Wildman–Crippen MR) is 59.9 cm³/mol. The fourth-order valence-corrected chi connectivity index (χ4v) is 2.06. The Morgan fingerprint density at radius 2 is 2.06 bits per heavy atom. The summed E-state index contributed by atoms with van der Waals surface area (Å²) >= 11 is 0. The van der Waals surface area contributed by atoms with Crippen molar-refractivity contribution in [2.45, 2.75) is 44.6 Å². The molecule has 92 valence electrons. The van der Waals surface area contributed by atoms with Crippen LogP contribution in [0.5, 0.6) is 0 Å². The molecule has 1 atom stereocenters. The van der Waals surface area contributed by atoms with Gasteiger partial charge in [0.05, 0.1) is 0 Å². The van der Waals surface area contributed by atoms with Gasteiger partial charge in [-0.2, -0.15) is 0 Å². The molecule has 1 unspecified atom stereocenters. The Hall–Kier alpha value is -1.10. The van der Waals surface area contributed by atoms with Crippen molar-refractivity contribution in [1.82, 2.24) is 4.90 Å². The number of hydrogen-bond acceptors (Lipinski definition) is 3. The summed E-state index contributed by atoms with van der Waals surface area (Å²) in [5.41, 5.74) is 5.36. The predicted octanol–water partition coefficient (Wildman–Crippen LogP) is 0.581. The number of carbonyl (C=O) groups is 2. The number of rotatable bonds is 6. The third-order valence-corrected chi connectivity index (χ3v) is 2.95. The Labute approximate surface area is 95.6 Å². The van der Waals surface area contributed by atoms with Gasteiger partial charge < -0.3 is 15.7 Å². The fourth-order valence-electron chi connectivity index (χ4n) is 2.06. The quantitative estimate of drug-likeness (QED) is 0.651. The van der Waals surface area contributed by atoms with E-state index in [9.17, 15) is 9.59 Å². The Bertz CT molecular complexity index is 256. The second-order valence-electron chi connectivity index (χ2n) is 4.18. The number of aliphatic carboxylic acids is 1. The molecule has 0 radical (unpaired) electrons. The molecular weight excluding hydrogens is 208 g/mol. The molecule has 0 aromatic carbocycles. The van der Waals surface area contributed by atoms with Crippen LogP contribution in [-0.4, -0.2) is 41.0 Å². The van der Waals surface area contributed by atoms with Gasteiger partial charge in [0.25, 0.3) is 0 Å². The minimum absolute atomic E-state index is 0.0260.